The van der Waals surface area contributed by atoms with Crippen LogP contribution in [-0.2, 0) is 4.74 Å². The van der Waals surface area contributed by atoms with Gasteiger partial charge in [0.25, 0.3) is 23.6 Å². The summed E-state index contributed by atoms with van der Waals surface area (Å²) >= 11 is 0. The van der Waals surface area contributed by atoms with Crippen molar-refractivity contribution >= 4 is 45.2 Å². The maximum Gasteiger partial charge on any atom is 0.261 e. The van der Waals surface area contributed by atoms with Gasteiger partial charge < -0.3 is 9.64 Å². The summed E-state index contributed by atoms with van der Waals surface area (Å²) in [5.74, 6) is -0.903. The molecule has 0 radical (unpaired) electrons. The second-order valence-corrected chi connectivity index (χ2v) is 11.6. The van der Waals surface area contributed by atoms with Crippen LogP contribution in [0, 0.1) is 0 Å². The van der Waals surface area contributed by atoms with Gasteiger partial charge in [-0.2, -0.15) is 0 Å². The van der Waals surface area contributed by atoms with Crippen LogP contribution in [0.15, 0.2) is 66.7 Å². The van der Waals surface area contributed by atoms with Gasteiger partial charge in [-0.25, -0.2) is 0 Å². The lowest BCUT2D eigenvalue weighted by molar-refractivity contribution is 0.0515. The molecule has 2 aliphatic heterocycles. The zero-order chi connectivity index (χ0) is 30.2. The SMILES string of the molecule is CC(C)c1ccc2cccc3c2c1C(=O)N(CCN(C)CCCOCCN1C(=O)c2cccc4cccc(c24)C1=O)C3=O. The van der Waals surface area contributed by atoms with Gasteiger partial charge >= 0.3 is 0 Å². The molecule has 4 aromatic rings. The average molecular weight is 578 g/mol. The highest BCUT2D eigenvalue weighted by atomic mass is 16.5. The standard InChI is InChI=1S/C35H35N3O5/c1-22(2)25-15-14-24-10-6-13-28-30(24)31(25)35(42)37(34(28)41)18-17-36(3)16-7-20-43-21-19-38-32(39)26-11-4-8-23-9-5-12-27(29(23)26)33(38)40/h4-6,8-15,22H,7,16-21H2,1-3H3. The van der Waals surface area contributed by atoms with Crippen LogP contribution in [0.2, 0.25) is 0 Å². The highest BCUT2D eigenvalue weighted by molar-refractivity contribution is 6.26. The molecule has 2 aliphatic rings. The summed E-state index contributed by atoms with van der Waals surface area (Å²) in [5, 5.41) is 3.27. The second-order valence-electron chi connectivity index (χ2n) is 11.6. The number of rotatable bonds is 11. The summed E-state index contributed by atoms with van der Waals surface area (Å²) in [6, 6.07) is 20.6. The van der Waals surface area contributed by atoms with E-state index in [-0.39, 0.29) is 42.7 Å². The molecule has 8 nitrogen and oxygen atoms in total. The van der Waals surface area contributed by atoms with Crippen LogP contribution in [-0.4, -0.2) is 84.8 Å². The van der Waals surface area contributed by atoms with E-state index in [4.69, 9.17) is 4.74 Å². The highest BCUT2D eigenvalue weighted by Gasteiger charge is 2.35. The molecule has 0 N–H and O–H groups in total. The molecule has 0 bridgehead atoms. The van der Waals surface area contributed by atoms with E-state index in [9.17, 15) is 19.2 Å². The number of carbonyl (C=O) groups excluding carboxylic acids is 4. The minimum atomic E-state index is -0.293. The number of benzene rings is 4. The van der Waals surface area contributed by atoms with Crippen LogP contribution in [0.25, 0.3) is 21.5 Å². The van der Waals surface area contributed by atoms with Crippen molar-refractivity contribution in [2.45, 2.75) is 26.2 Å². The molecular weight excluding hydrogens is 542 g/mol. The maximum absolute atomic E-state index is 13.6. The number of hydrogen-bond acceptors (Lipinski definition) is 6. The van der Waals surface area contributed by atoms with Crippen LogP contribution in [0.5, 0.6) is 0 Å². The van der Waals surface area contributed by atoms with Crippen molar-refractivity contribution < 1.29 is 23.9 Å². The molecule has 0 spiro atoms. The van der Waals surface area contributed by atoms with Gasteiger partial charge in [-0.15, -0.1) is 0 Å². The van der Waals surface area contributed by atoms with Gasteiger partial charge in [0.15, 0.2) is 0 Å². The lowest BCUT2D eigenvalue weighted by Gasteiger charge is -2.30. The first kappa shape index (κ1) is 28.7. The Labute approximate surface area is 250 Å². The maximum atomic E-state index is 13.6. The molecule has 0 saturated heterocycles. The summed E-state index contributed by atoms with van der Waals surface area (Å²) in [7, 11) is 1.95. The molecule has 0 fully saturated rings. The predicted octanol–water partition coefficient (Wildman–Crippen LogP) is 5.35. The number of ether oxygens (including phenoxy) is 1. The van der Waals surface area contributed by atoms with E-state index < -0.39 is 0 Å². The Bertz CT molecular complexity index is 1730. The number of hydrogen-bond donors (Lipinski definition) is 0. The second kappa shape index (κ2) is 11.7. The van der Waals surface area contributed by atoms with E-state index >= 15 is 0 Å². The van der Waals surface area contributed by atoms with E-state index in [0.29, 0.717) is 48.5 Å². The lowest BCUT2D eigenvalue weighted by atomic mass is 9.87. The van der Waals surface area contributed by atoms with E-state index in [1.165, 1.54) is 9.80 Å². The first-order valence-corrected chi connectivity index (χ1v) is 14.8. The predicted molar refractivity (Wildman–Crippen MR) is 166 cm³/mol. The third kappa shape index (κ3) is 5.11. The summed E-state index contributed by atoms with van der Waals surface area (Å²) in [4.78, 5) is 57.7. The molecular formula is C35H35N3O5. The monoisotopic (exact) mass is 577 g/mol. The fourth-order valence-electron chi connectivity index (χ4n) is 6.22. The number of imide groups is 2. The zero-order valence-corrected chi connectivity index (χ0v) is 24.8. The van der Waals surface area contributed by atoms with Gasteiger partial charge in [-0.1, -0.05) is 62.4 Å². The van der Waals surface area contributed by atoms with Crippen molar-refractivity contribution in [2.24, 2.45) is 0 Å². The van der Waals surface area contributed by atoms with E-state index in [2.05, 4.69) is 18.7 Å². The third-order valence-corrected chi connectivity index (χ3v) is 8.48. The molecule has 0 aromatic heterocycles. The molecule has 4 aromatic carbocycles. The number of amides is 4. The third-order valence-electron chi connectivity index (χ3n) is 8.48. The van der Waals surface area contributed by atoms with Crippen LogP contribution >= 0.6 is 0 Å². The topological polar surface area (TPSA) is 87.2 Å². The molecule has 220 valence electrons. The zero-order valence-electron chi connectivity index (χ0n) is 24.8. The Morgan fingerprint density at radius 1 is 0.651 bits per heavy atom. The quantitative estimate of drug-likeness (QED) is 0.177. The molecule has 8 heteroatoms. The average Bonchev–Trinajstić information content (AvgIpc) is 3.01. The first-order valence-electron chi connectivity index (χ1n) is 14.8. The fourth-order valence-corrected chi connectivity index (χ4v) is 6.22. The van der Waals surface area contributed by atoms with Gasteiger partial charge in [-0.05, 0) is 53.9 Å². The molecule has 0 aliphatic carbocycles. The van der Waals surface area contributed by atoms with E-state index in [0.717, 1.165) is 33.5 Å². The molecule has 4 amide bonds. The number of likely N-dealkylation sites (N-methyl/N-ethyl adjacent to an activating group) is 1. The number of carbonyl (C=O) groups is 4. The molecule has 6 rings (SSSR count). The van der Waals surface area contributed by atoms with Gasteiger partial charge in [0.05, 0.1) is 18.7 Å². The molecule has 2 heterocycles. The van der Waals surface area contributed by atoms with Crippen molar-refractivity contribution in [3.8, 4) is 0 Å². The van der Waals surface area contributed by atoms with Gasteiger partial charge in [0.2, 0.25) is 0 Å². The first-order chi connectivity index (χ1) is 20.8. The minimum absolute atomic E-state index is 0.158. The highest BCUT2D eigenvalue weighted by Crippen LogP contribution is 2.35. The molecule has 0 saturated carbocycles. The Morgan fingerprint density at radius 2 is 1.21 bits per heavy atom. The summed E-state index contributed by atoms with van der Waals surface area (Å²) < 4.78 is 5.79. The lowest BCUT2D eigenvalue weighted by Crippen LogP contribution is -2.44. The Hall–Kier alpha value is -4.40. The minimum Gasteiger partial charge on any atom is -0.380 e. The Morgan fingerprint density at radius 3 is 1.81 bits per heavy atom. The van der Waals surface area contributed by atoms with Crippen molar-refractivity contribution in [3.05, 3.63) is 94.5 Å². The smallest absolute Gasteiger partial charge is 0.261 e. The molecule has 0 atom stereocenters. The summed E-state index contributed by atoms with van der Waals surface area (Å²) in [5.41, 5.74) is 3.27. The van der Waals surface area contributed by atoms with E-state index in [1.54, 1.807) is 12.1 Å². The van der Waals surface area contributed by atoms with Crippen molar-refractivity contribution in [1.82, 2.24) is 14.7 Å². The van der Waals surface area contributed by atoms with E-state index in [1.807, 2.05) is 61.6 Å². The van der Waals surface area contributed by atoms with Crippen LogP contribution in [0.1, 0.15) is 73.2 Å². The Kier molecular flexibility index (Phi) is 7.81. The van der Waals surface area contributed by atoms with Gasteiger partial charge in [0, 0.05) is 53.7 Å². The largest absolute Gasteiger partial charge is 0.380 e. The summed E-state index contributed by atoms with van der Waals surface area (Å²) in [6.07, 6.45) is 0.724. The molecule has 43 heavy (non-hydrogen) atoms. The Balaban J connectivity index is 0.990. The molecule has 0 unspecified atom stereocenters. The van der Waals surface area contributed by atoms with Crippen molar-refractivity contribution in [1.29, 1.82) is 0 Å². The summed E-state index contributed by atoms with van der Waals surface area (Å²) in [6.45, 7) is 6.55. The van der Waals surface area contributed by atoms with Gasteiger partial charge in [-0.3, -0.25) is 29.0 Å². The fraction of sp³-hybridized carbons (Fsp3) is 0.314. The van der Waals surface area contributed by atoms with Crippen LogP contribution in [0.4, 0.5) is 0 Å². The van der Waals surface area contributed by atoms with Crippen molar-refractivity contribution in [2.75, 3.05) is 46.4 Å². The van der Waals surface area contributed by atoms with Gasteiger partial charge in [0.1, 0.15) is 0 Å². The normalized spacial score (nSPS) is 14.7. The van der Waals surface area contributed by atoms with Crippen molar-refractivity contribution in [3.63, 3.8) is 0 Å². The van der Waals surface area contributed by atoms with Crippen LogP contribution in [0.3, 0.4) is 0 Å². The number of nitrogens with zero attached hydrogens (tertiary/aromatic N) is 3. The van der Waals surface area contributed by atoms with Crippen LogP contribution < -0.4 is 0 Å².